The van der Waals surface area contributed by atoms with Gasteiger partial charge in [0.05, 0.1) is 7.11 Å². The van der Waals surface area contributed by atoms with Crippen molar-refractivity contribution in [1.82, 2.24) is 0 Å². The summed E-state index contributed by atoms with van der Waals surface area (Å²) in [5.41, 5.74) is 0.117. The average molecular weight is 287 g/mol. The van der Waals surface area contributed by atoms with Crippen LogP contribution in [0.25, 0.3) is 0 Å². The lowest BCUT2D eigenvalue weighted by Gasteiger charge is -2.25. The fourth-order valence-corrected chi connectivity index (χ4v) is 3.54. The monoisotopic (exact) mass is 287 g/mol. The number of benzene rings is 1. The molecule has 4 heteroatoms. The Balaban J connectivity index is 1.86. The summed E-state index contributed by atoms with van der Waals surface area (Å²) in [4.78, 5) is 27.1. The van der Waals surface area contributed by atoms with Crippen LogP contribution in [0.2, 0.25) is 0 Å². The van der Waals surface area contributed by atoms with Crippen LogP contribution in [0.15, 0.2) is 24.3 Å². The fourth-order valence-electron chi connectivity index (χ4n) is 3.54. The van der Waals surface area contributed by atoms with Crippen molar-refractivity contribution in [2.24, 2.45) is 5.41 Å². The molecule has 1 aromatic rings. The summed E-state index contributed by atoms with van der Waals surface area (Å²) in [5, 5.41) is 0. The molecule has 0 aromatic heterocycles. The Morgan fingerprint density at radius 3 is 2.52 bits per heavy atom. The minimum atomic E-state index is -0.740. The van der Waals surface area contributed by atoms with Crippen molar-refractivity contribution in [3.8, 4) is 5.75 Å². The van der Waals surface area contributed by atoms with Crippen molar-refractivity contribution in [2.45, 2.75) is 38.5 Å². The van der Waals surface area contributed by atoms with Crippen molar-refractivity contribution in [3.63, 3.8) is 0 Å². The van der Waals surface area contributed by atoms with E-state index in [0.29, 0.717) is 19.4 Å². The molecule has 0 bridgehead atoms. The van der Waals surface area contributed by atoms with Crippen LogP contribution in [0.3, 0.4) is 0 Å². The predicted octanol–water partition coefficient (Wildman–Crippen LogP) is 2.95. The van der Waals surface area contributed by atoms with Crippen LogP contribution in [0.5, 0.6) is 5.75 Å². The first-order valence-electron chi connectivity index (χ1n) is 7.67. The zero-order chi connectivity index (χ0) is 14.9. The summed E-state index contributed by atoms with van der Waals surface area (Å²) in [5.74, 6) is 0.922. The number of rotatable bonds is 2. The van der Waals surface area contributed by atoms with E-state index in [9.17, 15) is 9.59 Å². The van der Waals surface area contributed by atoms with Gasteiger partial charge in [0.1, 0.15) is 16.9 Å². The molecule has 2 aliphatic rings. The van der Waals surface area contributed by atoms with Gasteiger partial charge in [-0.05, 0) is 43.5 Å². The van der Waals surface area contributed by atoms with Crippen LogP contribution >= 0.6 is 0 Å². The molecule has 1 saturated heterocycles. The van der Waals surface area contributed by atoms with Crippen LogP contribution in [0.4, 0.5) is 5.69 Å². The minimum absolute atomic E-state index is 0.000401. The molecular formula is C17H21NO3. The van der Waals surface area contributed by atoms with E-state index in [4.69, 9.17) is 4.74 Å². The van der Waals surface area contributed by atoms with E-state index in [1.54, 1.807) is 12.0 Å². The Kier molecular flexibility index (Phi) is 3.70. The number of nitrogens with zero attached hydrogens (tertiary/aromatic N) is 1. The summed E-state index contributed by atoms with van der Waals surface area (Å²) in [6, 6.07) is 7.47. The Morgan fingerprint density at radius 2 is 1.81 bits per heavy atom. The smallest absolute Gasteiger partial charge is 0.240 e. The van der Waals surface area contributed by atoms with Gasteiger partial charge in [-0.1, -0.05) is 12.8 Å². The third-order valence-electron chi connectivity index (χ3n) is 4.84. The molecule has 1 aromatic carbocycles. The number of hydrogen-bond donors (Lipinski definition) is 0. The zero-order valence-electron chi connectivity index (χ0n) is 12.4. The van der Waals surface area contributed by atoms with Gasteiger partial charge in [-0.15, -0.1) is 0 Å². The highest BCUT2D eigenvalue weighted by Crippen LogP contribution is 2.43. The van der Waals surface area contributed by atoms with Crippen molar-refractivity contribution in [1.29, 1.82) is 0 Å². The van der Waals surface area contributed by atoms with Crippen LogP contribution in [-0.4, -0.2) is 25.3 Å². The summed E-state index contributed by atoms with van der Waals surface area (Å²) in [6.07, 6.45) is 4.91. The summed E-state index contributed by atoms with van der Waals surface area (Å²) in [6.45, 7) is 0.636. The quantitative estimate of drug-likeness (QED) is 0.786. The van der Waals surface area contributed by atoms with Gasteiger partial charge < -0.3 is 9.64 Å². The van der Waals surface area contributed by atoms with E-state index in [2.05, 4.69) is 0 Å². The lowest BCUT2D eigenvalue weighted by molar-refractivity contribution is -0.138. The van der Waals surface area contributed by atoms with E-state index in [-0.39, 0.29) is 11.7 Å². The van der Waals surface area contributed by atoms with Gasteiger partial charge in [-0.3, -0.25) is 9.59 Å². The van der Waals surface area contributed by atoms with Crippen molar-refractivity contribution < 1.29 is 14.3 Å². The van der Waals surface area contributed by atoms with E-state index >= 15 is 0 Å². The second kappa shape index (κ2) is 5.51. The van der Waals surface area contributed by atoms with Crippen LogP contribution in [0, 0.1) is 5.41 Å². The number of ether oxygens (including phenoxy) is 1. The molecule has 1 atom stereocenters. The molecule has 1 heterocycles. The highest BCUT2D eigenvalue weighted by Gasteiger charge is 2.51. The number of methoxy groups -OCH3 is 1. The number of ketones is 1. The van der Waals surface area contributed by atoms with Gasteiger partial charge in [0.25, 0.3) is 0 Å². The molecule has 3 rings (SSSR count). The Hall–Kier alpha value is -1.84. The summed E-state index contributed by atoms with van der Waals surface area (Å²) in [7, 11) is 1.62. The molecule has 1 unspecified atom stereocenters. The van der Waals surface area contributed by atoms with Crippen LogP contribution in [0.1, 0.15) is 38.5 Å². The van der Waals surface area contributed by atoms with Gasteiger partial charge in [-0.2, -0.15) is 0 Å². The first kappa shape index (κ1) is 14.1. The van der Waals surface area contributed by atoms with Crippen molar-refractivity contribution in [2.75, 3.05) is 18.6 Å². The first-order chi connectivity index (χ1) is 10.2. The molecule has 1 aliphatic heterocycles. The Bertz CT molecular complexity index is 552. The Labute approximate surface area is 125 Å². The number of anilines is 1. The fraction of sp³-hybridized carbons (Fsp3) is 0.529. The largest absolute Gasteiger partial charge is 0.497 e. The maximum atomic E-state index is 12.9. The zero-order valence-corrected chi connectivity index (χ0v) is 12.4. The standard InChI is InChI=1S/C17H21NO3/c1-21-14-8-6-13(7-9-14)18-12-11-17(16(18)20)10-4-2-3-5-15(17)19/h6-9H,2-5,10-12H2,1H3. The SMILES string of the molecule is COc1ccc(N2CCC3(CCCCCC3=O)C2=O)cc1. The summed E-state index contributed by atoms with van der Waals surface area (Å²) >= 11 is 0. The van der Waals surface area contributed by atoms with E-state index in [1.165, 1.54) is 0 Å². The second-order valence-corrected chi connectivity index (χ2v) is 5.97. The van der Waals surface area contributed by atoms with Gasteiger partial charge in [0, 0.05) is 18.7 Å². The molecule has 1 spiro atoms. The Morgan fingerprint density at radius 1 is 1.05 bits per heavy atom. The third kappa shape index (κ3) is 2.33. The number of carbonyl (C=O) groups is 2. The number of carbonyl (C=O) groups excluding carboxylic acids is 2. The van der Waals surface area contributed by atoms with Crippen molar-refractivity contribution in [3.05, 3.63) is 24.3 Å². The molecule has 1 aliphatic carbocycles. The molecule has 1 amide bonds. The van der Waals surface area contributed by atoms with E-state index < -0.39 is 5.41 Å². The van der Waals surface area contributed by atoms with Crippen LogP contribution < -0.4 is 9.64 Å². The lowest BCUT2D eigenvalue weighted by Crippen LogP contribution is -2.40. The number of Topliss-reactive ketones (excluding diaryl/α,β-unsaturated/α-hetero) is 1. The number of hydrogen-bond acceptors (Lipinski definition) is 3. The van der Waals surface area contributed by atoms with Gasteiger partial charge >= 0.3 is 0 Å². The van der Waals surface area contributed by atoms with E-state index in [1.807, 2.05) is 24.3 Å². The second-order valence-electron chi connectivity index (χ2n) is 5.97. The molecule has 0 N–H and O–H groups in total. The average Bonchev–Trinajstić information content (AvgIpc) is 2.72. The third-order valence-corrected chi connectivity index (χ3v) is 4.84. The molecule has 112 valence electrons. The highest BCUT2D eigenvalue weighted by atomic mass is 16.5. The van der Waals surface area contributed by atoms with Gasteiger partial charge in [0.2, 0.25) is 5.91 Å². The van der Waals surface area contributed by atoms with Gasteiger partial charge in [0.15, 0.2) is 0 Å². The topological polar surface area (TPSA) is 46.6 Å². The predicted molar refractivity (Wildman–Crippen MR) is 80.5 cm³/mol. The molecule has 21 heavy (non-hydrogen) atoms. The molecule has 4 nitrogen and oxygen atoms in total. The van der Waals surface area contributed by atoms with Crippen LogP contribution in [-0.2, 0) is 9.59 Å². The lowest BCUT2D eigenvalue weighted by atomic mass is 9.78. The van der Waals surface area contributed by atoms with E-state index in [0.717, 1.165) is 37.1 Å². The molecule has 1 saturated carbocycles. The van der Waals surface area contributed by atoms with Crippen molar-refractivity contribution >= 4 is 17.4 Å². The maximum absolute atomic E-state index is 12.9. The maximum Gasteiger partial charge on any atom is 0.240 e. The minimum Gasteiger partial charge on any atom is -0.497 e. The molecular weight excluding hydrogens is 266 g/mol. The molecule has 0 radical (unpaired) electrons. The first-order valence-corrected chi connectivity index (χ1v) is 7.67. The van der Waals surface area contributed by atoms with Gasteiger partial charge in [-0.25, -0.2) is 0 Å². The normalized spacial score (nSPS) is 26.2. The summed E-state index contributed by atoms with van der Waals surface area (Å²) < 4.78 is 5.14. The molecule has 2 fully saturated rings. The highest BCUT2D eigenvalue weighted by molar-refractivity contribution is 6.14. The number of amides is 1.